The third-order valence-electron chi connectivity index (χ3n) is 5.38. The number of rotatable bonds is 9. The second-order valence-electron chi connectivity index (χ2n) is 7.43. The summed E-state index contributed by atoms with van der Waals surface area (Å²) in [6.45, 7) is 8.76. The lowest BCUT2D eigenvalue weighted by atomic mass is 10.1. The molecule has 0 atom stereocenters. The van der Waals surface area contributed by atoms with E-state index in [4.69, 9.17) is 9.47 Å². The van der Waals surface area contributed by atoms with Gasteiger partial charge in [-0.3, -0.25) is 0 Å². The van der Waals surface area contributed by atoms with E-state index in [0.717, 1.165) is 44.9 Å². The minimum absolute atomic E-state index is 0.516. The molecule has 0 spiro atoms. The van der Waals surface area contributed by atoms with E-state index in [0.29, 0.717) is 13.2 Å². The number of hydrogen-bond acceptors (Lipinski definition) is 2. The Labute approximate surface area is 190 Å². The van der Waals surface area contributed by atoms with E-state index >= 15 is 0 Å². The van der Waals surface area contributed by atoms with Crippen LogP contribution in [0.3, 0.4) is 0 Å². The number of benzene rings is 4. The predicted octanol–water partition coefficient (Wildman–Crippen LogP) is 7.80. The van der Waals surface area contributed by atoms with Crippen molar-refractivity contribution in [2.75, 3.05) is 0 Å². The Morgan fingerprint density at radius 2 is 0.875 bits per heavy atom. The fourth-order valence-corrected chi connectivity index (χ4v) is 3.54. The van der Waals surface area contributed by atoms with Crippen LogP contribution in [0.1, 0.15) is 22.3 Å². The van der Waals surface area contributed by atoms with E-state index in [1.807, 2.05) is 72.8 Å². The first-order valence-corrected chi connectivity index (χ1v) is 10.6. The summed E-state index contributed by atoms with van der Waals surface area (Å²) in [6, 6.07) is 32.6. The molecule has 0 saturated carbocycles. The standard InChI is InChI=1S/C30H26O2/c1-3-23-9-5-7-11-27(23)21-31-29-17-13-25(14-18-29)26-15-19-30(20-16-26)32-22-28-12-8-6-10-24(28)4-2/h3-20H,1-2,21-22H2. The molecule has 4 rings (SSSR count). The third kappa shape index (κ3) is 5.16. The van der Waals surface area contributed by atoms with Gasteiger partial charge < -0.3 is 9.47 Å². The Morgan fingerprint density at radius 1 is 0.500 bits per heavy atom. The molecule has 32 heavy (non-hydrogen) atoms. The minimum atomic E-state index is 0.516. The molecule has 0 N–H and O–H groups in total. The van der Waals surface area contributed by atoms with Gasteiger partial charge in [0.05, 0.1) is 0 Å². The molecule has 0 aliphatic heterocycles. The fourth-order valence-electron chi connectivity index (χ4n) is 3.54. The van der Waals surface area contributed by atoms with E-state index in [1.54, 1.807) is 0 Å². The van der Waals surface area contributed by atoms with Gasteiger partial charge in [-0.1, -0.05) is 98.1 Å². The average Bonchev–Trinajstić information content (AvgIpc) is 2.87. The minimum Gasteiger partial charge on any atom is -0.489 e. The molecule has 0 saturated heterocycles. The van der Waals surface area contributed by atoms with Crippen LogP contribution in [0.5, 0.6) is 11.5 Å². The van der Waals surface area contributed by atoms with Gasteiger partial charge in [-0.2, -0.15) is 0 Å². The van der Waals surface area contributed by atoms with Crippen molar-refractivity contribution in [3.63, 3.8) is 0 Å². The Morgan fingerprint density at radius 3 is 1.25 bits per heavy atom. The van der Waals surface area contributed by atoms with Gasteiger partial charge in [-0.05, 0) is 57.6 Å². The molecule has 2 nitrogen and oxygen atoms in total. The Balaban J connectivity index is 1.36. The van der Waals surface area contributed by atoms with Crippen molar-refractivity contribution < 1.29 is 9.47 Å². The first-order valence-electron chi connectivity index (χ1n) is 10.6. The summed E-state index contributed by atoms with van der Waals surface area (Å²) in [7, 11) is 0. The van der Waals surface area contributed by atoms with E-state index in [2.05, 4.69) is 49.6 Å². The van der Waals surface area contributed by atoms with Crippen LogP contribution in [0.25, 0.3) is 23.3 Å². The first-order chi connectivity index (χ1) is 15.8. The van der Waals surface area contributed by atoms with Gasteiger partial charge in [0, 0.05) is 0 Å². The highest BCUT2D eigenvalue weighted by Crippen LogP contribution is 2.26. The highest BCUT2D eigenvalue weighted by molar-refractivity contribution is 5.65. The lowest BCUT2D eigenvalue weighted by molar-refractivity contribution is 0.306. The maximum absolute atomic E-state index is 5.96. The van der Waals surface area contributed by atoms with Crippen LogP contribution >= 0.6 is 0 Å². The van der Waals surface area contributed by atoms with Crippen molar-refractivity contribution in [3.8, 4) is 22.6 Å². The van der Waals surface area contributed by atoms with Crippen LogP contribution in [0.15, 0.2) is 110 Å². The molecule has 0 heterocycles. The van der Waals surface area contributed by atoms with Gasteiger partial charge in [0.25, 0.3) is 0 Å². The summed E-state index contributed by atoms with van der Waals surface area (Å²) in [6.07, 6.45) is 3.71. The van der Waals surface area contributed by atoms with E-state index in [-0.39, 0.29) is 0 Å². The van der Waals surface area contributed by atoms with Crippen molar-refractivity contribution in [3.05, 3.63) is 132 Å². The average molecular weight is 419 g/mol. The van der Waals surface area contributed by atoms with Crippen LogP contribution in [0, 0.1) is 0 Å². The van der Waals surface area contributed by atoms with Crippen LogP contribution in [-0.4, -0.2) is 0 Å². The van der Waals surface area contributed by atoms with Crippen LogP contribution in [-0.2, 0) is 13.2 Å². The topological polar surface area (TPSA) is 18.5 Å². The largest absolute Gasteiger partial charge is 0.489 e. The molecular weight excluding hydrogens is 392 g/mol. The number of ether oxygens (including phenoxy) is 2. The summed E-state index contributed by atoms with van der Waals surface area (Å²) in [5.41, 5.74) is 6.70. The zero-order chi connectivity index (χ0) is 22.2. The Kier molecular flexibility index (Phi) is 6.84. The smallest absolute Gasteiger partial charge is 0.119 e. The zero-order valence-electron chi connectivity index (χ0n) is 18.0. The summed E-state index contributed by atoms with van der Waals surface area (Å²) in [5.74, 6) is 1.68. The molecule has 0 bridgehead atoms. The van der Waals surface area contributed by atoms with Crippen molar-refractivity contribution in [2.45, 2.75) is 13.2 Å². The molecule has 158 valence electrons. The van der Waals surface area contributed by atoms with E-state index in [1.165, 1.54) is 0 Å². The zero-order valence-corrected chi connectivity index (χ0v) is 18.0. The van der Waals surface area contributed by atoms with E-state index in [9.17, 15) is 0 Å². The Bertz CT molecular complexity index is 1090. The van der Waals surface area contributed by atoms with Crippen molar-refractivity contribution >= 4 is 12.2 Å². The first kappa shape index (κ1) is 21.2. The molecule has 4 aromatic carbocycles. The molecule has 4 aromatic rings. The molecule has 0 radical (unpaired) electrons. The molecule has 0 aliphatic rings. The van der Waals surface area contributed by atoms with Gasteiger partial charge in [0.2, 0.25) is 0 Å². The summed E-state index contributed by atoms with van der Waals surface area (Å²) < 4.78 is 11.9. The van der Waals surface area contributed by atoms with Crippen LogP contribution in [0.4, 0.5) is 0 Å². The van der Waals surface area contributed by atoms with Crippen molar-refractivity contribution in [1.29, 1.82) is 0 Å². The Hall–Kier alpha value is -4.04. The van der Waals surface area contributed by atoms with Gasteiger partial charge in [0.1, 0.15) is 24.7 Å². The molecular formula is C30H26O2. The maximum Gasteiger partial charge on any atom is 0.119 e. The van der Waals surface area contributed by atoms with Gasteiger partial charge in [-0.25, -0.2) is 0 Å². The molecule has 2 heteroatoms. The predicted molar refractivity (Wildman–Crippen MR) is 134 cm³/mol. The van der Waals surface area contributed by atoms with E-state index < -0.39 is 0 Å². The van der Waals surface area contributed by atoms with Crippen LogP contribution in [0.2, 0.25) is 0 Å². The maximum atomic E-state index is 5.96. The molecule has 0 aliphatic carbocycles. The molecule has 0 fully saturated rings. The quantitative estimate of drug-likeness (QED) is 0.276. The van der Waals surface area contributed by atoms with Crippen LogP contribution < -0.4 is 9.47 Å². The SMILES string of the molecule is C=Cc1ccccc1COc1ccc(-c2ccc(OCc3ccccc3C=C)cc2)cc1. The van der Waals surface area contributed by atoms with Crippen molar-refractivity contribution in [2.24, 2.45) is 0 Å². The lowest BCUT2D eigenvalue weighted by Gasteiger charge is -2.11. The fraction of sp³-hybridized carbons (Fsp3) is 0.0667. The highest BCUT2D eigenvalue weighted by atomic mass is 16.5. The summed E-state index contributed by atoms with van der Waals surface area (Å²) >= 11 is 0. The third-order valence-corrected chi connectivity index (χ3v) is 5.38. The second-order valence-corrected chi connectivity index (χ2v) is 7.43. The number of hydrogen-bond donors (Lipinski definition) is 0. The molecule has 0 aromatic heterocycles. The van der Waals surface area contributed by atoms with Gasteiger partial charge in [0.15, 0.2) is 0 Å². The van der Waals surface area contributed by atoms with Gasteiger partial charge in [-0.15, -0.1) is 0 Å². The van der Waals surface area contributed by atoms with Crippen molar-refractivity contribution in [1.82, 2.24) is 0 Å². The molecule has 0 amide bonds. The summed E-state index contributed by atoms with van der Waals surface area (Å²) in [5, 5.41) is 0. The highest BCUT2D eigenvalue weighted by Gasteiger charge is 2.04. The lowest BCUT2D eigenvalue weighted by Crippen LogP contribution is -1.98. The summed E-state index contributed by atoms with van der Waals surface area (Å²) in [4.78, 5) is 0. The normalized spacial score (nSPS) is 10.4. The second kappa shape index (κ2) is 10.3. The molecule has 0 unspecified atom stereocenters. The van der Waals surface area contributed by atoms with Gasteiger partial charge >= 0.3 is 0 Å². The monoisotopic (exact) mass is 418 g/mol.